The molecule has 7 heteroatoms. The normalized spacial score (nSPS) is 17.0. The second kappa shape index (κ2) is 9.12. The van der Waals surface area contributed by atoms with Crippen LogP contribution in [0.5, 0.6) is 0 Å². The van der Waals surface area contributed by atoms with Crippen molar-refractivity contribution < 1.29 is 18.8 Å². The summed E-state index contributed by atoms with van der Waals surface area (Å²) in [6.07, 6.45) is 1.10. The summed E-state index contributed by atoms with van der Waals surface area (Å²) in [4.78, 5) is 31.0. The van der Waals surface area contributed by atoms with Gasteiger partial charge in [-0.1, -0.05) is 66.7 Å². The Hall–Kier alpha value is -3.48. The molecule has 0 spiro atoms. The van der Waals surface area contributed by atoms with E-state index in [1.54, 1.807) is 4.90 Å². The van der Waals surface area contributed by atoms with Gasteiger partial charge in [0.2, 0.25) is 11.7 Å². The van der Waals surface area contributed by atoms with Gasteiger partial charge in [0.15, 0.2) is 6.61 Å². The molecule has 0 unspecified atom stereocenters. The van der Waals surface area contributed by atoms with Gasteiger partial charge in [-0.15, -0.1) is 0 Å². The van der Waals surface area contributed by atoms with Crippen LogP contribution in [0.3, 0.4) is 0 Å². The average Bonchev–Trinajstić information content (AvgIpc) is 3.44. The fraction of sp³-hybridized carbons (Fsp3) is 0.333. The number of aromatic nitrogens is 2. The lowest BCUT2D eigenvalue weighted by Crippen LogP contribution is -2.29. The van der Waals surface area contributed by atoms with E-state index in [4.69, 9.17) is 9.26 Å². The van der Waals surface area contributed by atoms with E-state index in [1.807, 2.05) is 61.5 Å². The van der Waals surface area contributed by atoms with E-state index >= 15 is 0 Å². The van der Waals surface area contributed by atoms with Crippen LogP contribution in [0.4, 0.5) is 0 Å². The zero-order valence-electron chi connectivity index (χ0n) is 17.7. The van der Waals surface area contributed by atoms with Gasteiger partial charge in [0.1, 0.15) is 0 Å². The zero-order valence-corrected chi connectivity index (χ0v) is 17.7. The van der Waals surface area contributed by atoms with Gasteiger partial charge in [-0.25, -0.2) is 0 Å². The summed E-state index contributed by atoms with van der Waals surface area (Å²) in [6.45, 7) is 4.29. The first-order valence-electron chi connectivity index (χ1n) is 10.5. The molecule has 2 atom stereocenters. The zero-order chi connectivity index (χ0) is 21.8. The van der Waals surface area contributed by atoms with Crippen molar-refractivity contribution in [1.82, 2.24) is 15.0 Å². The van der Waals surface area contributed by atoms with Crippen molar-refractivity contribution in [2.75, 3.05) is 6.54 Å². The summed E-state index contributed by atoms with van der Waals surface area (Å²) in [5.41, 5.74) is 3.10. The van der Waals surface area contributed by atoms with Crippen LogP contribution in [-0.2, 0) is 27.4 Å². The summed E-state index contributed by atoms with van der Waals surface area (Å²) in [6, 6.07) is 17.6. The lowest BCUT2D eigenvalue weighted by atomic mass is 10.1. The van der Waals surface area contributed by atoms with Crippen LogP contribution in [0.1, 0.15) is 43.3 Å². The van der Waals surface area contributed by atoms with Crippen molar-refractivity contribution in [3.8, 4) is 11.4 Å². The minimum atomic E-state index is -0.498. The van der Waals surface area contributed by atoms with Crippen molar-refractivity contribution in [2.45, 2.75) is 39.3 Å². The fourth-order valence-corrected chi connectivity index (χ4v) is 3.75. The first kappa shape index (κ1) is 20.8. The first-order chi connectivity index (χ1) is 15.0. The largest absolute Gasteiger partial charge is 0.455 e. The fourth-order valence-electron chi connectivity index (χ4n) is 3.75. The highest BCUT2D eigenvalue weighted by molar-refractivity contribution is 5.87. The number of hydrogen-bond donors (Lipinski definition) is 0. The number of rotatable bonds is 7. The van der Waals surface area contributed by atoms with Crippen molar-refractivity contribution in [3.63, 3.8) is 0 Å². The average molecular weight is 419 g/mol. The Labute approximate surface area is 181 Å². The Morgan fingerprint density at radius 3 is 2.65 bits per heavy atom. The van der Waals surface area contributed by atoms with Crippen LogP contribution in [0.2, 0.25) is 0 Å². The molecule has 0 radical (unpaired) electrons. The summed E-state index contributed by atoms with van der Waals surface area (Å²) in [5, 5.41) is 3.96. The number of hydrogen-bond acceptors (Lipinski definition) is 6. The van der Waals surface area contributed by atoms with Gasteiger partial charge in [-0.3, -0.25) is 9.59 Å². The van der Waals surface area contributed by atoms with E-state index in [2.05, 4.69) is 17.1 Å². The van der Waals surface area contributed by atoms with Crippen molar-refractivity contribution in [1.29, 1.82) is 0 Å². The van der Waals surface area contributed by atoms with Crippen LogP contribution in [0.15, 0.2) is 59.1 Å². The maximum Gasteiger partial charge on any atom is 0.311 e. The maximum absolute atomic E-state index is 12.5. The molecule has 1 amide bonds. The van der Waals surface area contributed by atoms with Crippen molar-refractivity contribution in [2.24, 2.45) is 5.92 Å². The quantitative estimate of drug-likeness (QED) is 0.539. The van der Waals surface area contributed by atoms with Crippen LogP contribution >= 0.6 is 0 Å². The highest BCUT2D eigenvalue weighted by Crippen LogP contribution is 2.29. The minimum absolute atomic E-state index is 0.0473. The smallest absolute Gasteiger partial charge is 0.311 e. The first-order valence-corrected chi connectivity index (χ1v) is 10.5. The number of amides is 1. The molecule has 1 aromatic heterocycles. The van der Waals surface area contributed by atoms with Gasteiger partial charge < -0.3 is 14.2 Å². The number of benzene rings is 2. The molecule has 1 fully saturated rings. The Bertz CT molecular complexity index is 1050. The molecule has 3 aromatic rings. The van der Waals surface area contributed by atoms with Crippen LogP contribution in [0.25, 0.3) is 11.4 Å². The molecule has 160 valence electrons. The molecule has 2 aromatic carbocycles. The molecule has 0 bridgehead atoms. The molecule has 1 aliphatic rings. The Kier molecular flexibility index (Phi) is 6.11. The lowest BCUT2D eigenvalue weighted by Gasteiger charge is -2.25. The van der Waals surface area contributed by atoms with Crippen molar-refractivity contribution >= 4 is 11.9 Å². The number of nitrogens with zero attached hydrogens (tertiary/aromatic N) is 3. The number of ether oxygens (including phenoxy) is 1. The molecule has 1 aliphatic heterocycles. The number of carbonyl (C=O) groups is 2. The molecular weight excluding hydrogens is 394 g/mol. The van der Waals surface area contributed by atoms with E-state index in [0.29, 0.717) is 12.4 Å². The van der Waals surface area contributed by atoms with Gasteiger partial charge in [-0.05, 0) is 24.5 Å². The minimum Gasteiger partial charge on any atom is -0.455 e. The highest BCUT2D eigenvalue weighted by Gasteiger charge is 2.38. The predicted molar refractivity (Wildman–Crippen MR) is 114 cm³/mol. The third-order valence-electron chi connectivity index (χ3n) is 5.67. The third-order valence-corrected chi connectivity index (χ3v) is 5.67. The van der Waals surface area contributed by atoms with Crippen LogP contribution in [0, 0.1) is 5.92 Å². The predicted octanol–water partition coefficient (Wildman–Crippen LogP) is 3.95. The number of aryl methyl sites for hydroxylation is 1. The molecule has 0 aliphatic carbocycles. The standard InChI is InChI=1S/C24H25N3O4/c1-3-17-9-11-19(12-10-17)23-25-21(31-26-23)15-30-24(29)20-13-22(28)27(14-20)16(2)18-7-5-4-6-8-18/h4-12,16,20H,3,13-15H2,1-2H3/t16-,20+/m0/s1. The Balaban J connectivity index is 1.33. The molecule has 31 heavy (non-hydrogen) atoms. The van der Waals surface area contributed by atoms with E-state index in [9.17, 15) is 9.59 Å². The van der Waals surface area contributed by atoms with Crippen molar-refractivity contribution in [3.05, 3.63) is 71.6 Å². The Morgan fingerprint density at radius 2 is 1.94 bits per heavy atom. The molecule has 0 N–H and O–H groups in total. The summed E-state index contributed by atoms with van der Waals surface area (Å²) in [5.74, 6) is -0.297. The third kappa shape index (κ3) is 4.66. The highest BCUT2D eigenvalue weighted by atomic mass is 16.6. The Morgan fingerprint density at radius 1 is 1.19 bits per heavy atom. The van der Waals surface area contributed by atoms with Gasteiger partial charge in [0.25, 0.3) is 5.89 Å². The molecule has 2 heterocycles. The van der Waals surface area contributed by atoms with Crippen LogP contribution in [-0.4, -0.2) is 33.5 Å². The van der Waals surface area contributed by atoms with Gasteiger partial charge in [0, 0.05) is 18.5 Å². The molecule has 1 saturated heterocycles. The number of likely N-dealkylation sites (tertiary alicyclic amines) is 1. The second-order valence-corrected chi connectivity index (χ2v) is 7.70. The lowest BCUT2D eigenvalue weighted by molar-refractivity contribution is -0.150. The molecular formula is C24H25N3O4. The maximum atomic E-state index is 12.5. The monoisotopic (exact) mass is 419 g/mol. The van der Waals surface area contributed by atoms with Gasteiger partial charge in [-0.2, -0.15) is 4.98 Å². The molecule has 0 saturated carbocycles. The SMILES string of the molecule is CCc1ccc(-c2noc(COC(=O)[C@@H]3CC(=O)N([C@@H](C)c4ccccc4)C3)n2)cc1. The van der Waals surface area contributed by atoms with E-state index in [0.717, 1.165) is 17.5 Å². The summed E-state index contributed by atoms with van der Waals surface area (Å²) >= 11 is 0. The van der Waals surface area contributed by atoms with E-state index in [-0.39, 0.29) is 30.9 Å². The molecule has 7 nitrogen and oxygen atoms in total. The van der Waals surface area contributed by atoms with E-state index < -0.39 is 11.9 Å². The second-order valence-electron chi connectivity index (χ2n) is 7.70. The van der Waals surface area contributed by atoms with Gasteiger partial charge >= 0.3 is 5.97 Å². The molecule has 4 rings (SSSR count). The van der Waals surface area contributed by atoms with Gasteiger partial charge in [0.05, 0.1) is 12.0 Å². The number of esters is 1. The number of carbonyl (C=O) groups excluding carboxylic acids is 2. The summed E-state index contributed by atoms with van der Waals surface area (Å²) < 4.78 is 10.6. The summed E-state index contributed by atoms with van der Waals surface area (Å²) in [7, 11) is 0. The van der Waals surface area contributed by atoms with E-state index in [1.165, 1.54) is 5.56 Å². The van der Waals surface area contributed by atoms with Crippen LogP contribution < -0.4 is 0 Å². The topological polar surface area (TPSA) is 85.5 Å².